The molecule has 0 aromatic carbocycles. The van der Waals surface area contributed by atoms with Gasteiger partial charge in [0.1, 0.15) is 24.1 Å². The van der Waals surface area contributed by atoms with Gasteiger partial charge < -0.3 is 30.5 Å². The van der Waals surface area contributed by atoms with Gasteiger partial charge in [0.2, 0.25) is 0 Å². The molecular formula is C10H16N3O8P. The minimum Gasteiger partial charge on any atom is -0.388 e. The van der Waals surface area contributed by atoms with Crippen molar-refractivity contribution in [2.75, 3.05) is 18.9 Å². The zero-order chi connectivity index (χ0) is 16.5. The molecule has 12 heteroatoms. The minimum atomic E-state index is -4.72. The Labute approximate surface area is 124 Å². The topological polar surface area (TPSA) is 177 Å². The van der Waals surface area contributed by atoms with Crippen molar-refractivity contribution in [3.63, 3.8) is 0 Å². The Balaban J connectivity index is 2.10. The Bertz CT molecular complexity index is 631. The van der Waals surface area contributed by atoms with Crippen molar-refractivity contribution in [1.29, 1.82) is 0 Å². The van der Waals surface area contributed by atoms with Crippen LogP contribution in [-0.4, -0.2) is 61.1 Å². The first-order valence-corrected chi connectivity index (χ1v) is 7.74. The number of nitrogens with zero attached hydrogens (tertiary/aromatic N) is 2. The number of nitrogen functional groups attached to an aromatic ring is 1. The van der Waals surface area contributed by atoms with Gasteiger partial charge in [-0.2, -0.15) is 4.98 Å². The molecule has 6 N–H and O–H groups in total. The van der Waals surface area contributed by atoms with Crippen molar-refractivity contribution in [3.05, 3.63) is 22.7 Å². The van der Waals surface area contributed by atoms with Crippen LogP contribution >= 0.6 is 7.82 Å². The molecule has 1 aromatic heterocycles. The minimum absolute atomic E-state index is 0.0148. The number of hydrogen-bond donors (Lipinski definition) is 5. The van der Waals surface area contributed by atoms with Crippen LogP contribution in [0.3, 0.4) is 0 Å². The van der Waals surface area contributed by atoms with Crippen LogP contribution in [0.4, 0.5) is 5.82 Å². The molecule has 1 aromatic rings. The van der Waals surface area contributed by atoms with Crippen LogP contribution in [0, 0.1) is 0 Å². The predicted molar refractivity (Wildman–Crippen MR) is 71.7 cm³/mol. The standard InChI is InChI=1S/C10H16N3O8P/c11-7-1-2-13(10(16)12-7)5-3-20-6(9(15)8(5)14)4-21-22(17,18)19/h1-2,5-6,8-9,14-15H,3-4H2,(H2,11,12,16)(H2,17,18,19)/t5-,6-,8+,9-/m1/s1. The molecule has 124 valence electrons. The van der Waals surface area contributed by atoms with Crippen molar-refractivity contribution in [2.45, 2.75) is 24.4 Å². The quantitative estimate of drug-likeness (QED) is 0.372. The van der Waals surface area contributed by atoms with E-state index in [2.05, 4.69) is 9.51 Å². The number of aliphatic hydroxyl groups is 2. The lowest BCUT2D eigenvalue weighted by atomic mass is 9.98. The van der Waals surface area contributed by atoms with Gasteiger partial charge in [0, 0.05) is 6.20 Å². The van der Waals surface area contributed by atoms with E-state index in [0.29, 0.717) is 0 Å². The fourth-order valence-electron chi connectivity index (χ4n) is 2.11. The molecule has 1 aliphatic heterocycles. The highest BCUT2D eigenvalue weighted by Crippen LogP contribution is 2.37. The maximum absolute atomic E-state index is 11.7. The Morgan fingerprint density at radius 3 is 2.73 bits per heavy atom. The summed E-state index contributed by atoms with van der Waals surface area (Å²) in [5.41, 5.74) is 4.65. The molecule has 1 fully saturated rings. The molecule has 4 atom stereocenters. The SMILES string of the molecule is Nc1ccn([C@@H]2CO[C@H](COP(=O)(O)O)[C@@H](O)[C@H]2O)c(=O)n1. The number of anilines is 1. The van der Waals surface area contributed by atoms with Crippen LogP contribution in [0.2, 0.25) is 0 Å². The highest BCUT2D eigenvalue weighted by atomic mass is 31.2. The summed E-state index contributed by atoms with van der Waals surface area (Å²) in [5.74, 6) is 0.0148. The molecule has 11 nitrogen and oxygen atoms in total. The zero-order valence-corrected chi connectivity index (χ0v) is 12.1. The highest BCUT2D eigenvalue weighted by Gasteiger charge is 2.40. The lowest BCUT2D eigenvalue weighted by molar-refractivity contribution is -0.169. The molecule has 1 aliphatic rings. The van der Waals surface area contributed by atoms with Crippen LogP contribution < -0.4 is 11.4 Å². The fraction of sp³-hybridized carbons (Fsp3) is 0.600. The molecule has 0 bridgehead atoms. The second kappa shape index (κ2) is 6.42. The summed E-state index contributed by atoms with van der Waals surface area (Å²) < 4.78 is 21.1. The Hall–Kier alpha value is -1.33. The number of hydrogen-bond acceptors (Lipinski definition) is 8. The van der Waals surface area contributed by atoms with E-state index in [0.717, 1.165) is 4.57 Å². The van der Waals surface area contributed by atoms with Gasteiger partial charge in [0.05, 0.1) is 19.3 Å². The first-order valence-electron chi connectivity index (χ1n) is 6.21. The Morgan fingerprint density at radius 1 is 1.45 bits per heavy atom. The van der Waals surface area contributed by atoms with Gasteiger partial charge in [0.25, 0.3) is 0 Å². The van der Waals surface area contributed by atoms with Crippen molar-refractivity contribution in [1.82, 2.24) is 9.55 Å². The van der Waals surface area contributed by atoms with Crippen molar-refractivity contribution >= 4 is 13.6 Å². The average molecular weight is 337 g/mol. The number of aromatic nitrogens is 2. The first-order chi connectivity index (χ1) is 10.2. The maximum Gasteiger partial charge on any atom is 0.469 e. The molecule has 0 aliphatic carbocycles. The second-order valence-corrected chi connectivity index (χ2v) is 5.99. The molecular weight excluding hydrogens is 321 g/mol. The summed E-state index contributed by atoms with van der Waals surface area (Å²) >= 11 is 0. The Morgan fingerprint density at radius 2 is 2.14 bits per heavy atom. The number of phosphoric acid groups is 1. The highest BCUT2D eigenvalue weighted by molar-refractivity contribution is 7.46. The number of phosphoric ester groups is 1. The molecule has 0 amide bonds. The molecule has 2 heterocycles. The van der Waals surface area contributed by atoms with E-state index >= 15 is 0 Å². The molecule has 0 radical (unpaired) electrons. The van der Waals surface area contributed by atoms with Crippen molar-refractivity contribution in [2.24, 2.45) is 0 Å². The predicted octanol–water partition coefficient (Wildman–Crippen LogP) is -2.40. The van der Waals surface area contributed by atoms with Crippen LogP contribution in [-0.2, 0) is 13.8 Å². The average Bonchev–Trinajstić information content (AvgIpc) is 2.40. The van der Waals surface area contributed by atoms with Gasteiger partial charge in [-0.15, -0.1) is 0 Å². The van der Waals surface area contributed by atoms with E-state index in [-0.39, 0.29) is 12.4 Å². The van der Waals surface area contributed by atoms with Gasteiger partial charge in [-0.1, -0.05) is 0 Å². The zero-order valence-electron chi connectivity index (χ0n) is 11.2. The number of nitrogens with two attached hydrogens (primary N) is 1. The Kier molecular flexibility index (Phi) is 4.97. The molecule has 1 saturated heterocycles. The molecule has 0 unspecified atom stereocenters. The molecule has 0 saturated carbocycles. The monoisotopic (exact) mass is 337 g/mol. The molecule has 2 rings (SSSR count). The van der Waals surface area contributed by atoms with E-state index < -0.39 is 44.5 Å². The summed E-state index contributed by atoms with van der Waals surface area (Å²) in [6, 6.07) is 0.436. The van der Waals surface area contributed by atoms with E-state index in [1.807, 2.05) is 0 Å². The van der Waals surface area contributed by atoms with Crippen molar-refractivity contribution in [3.8, 4) is 0 Å². The van der Waals surface area contributed by atoms with Crippen LogP contribution in [0.1, 0.15) is 6.04 Å². The number of rotatable bonds is 4. The largest absolute Gasteiger partial charge is 0.469 e. The number of aliphatic hydroxyl groups excluding tert-OH is 2. The first kappa shape index (κ1) is 17.0. The lowest BCUT2D eigenvalue weighted by Crippen LogP contribution is -2.53. The molecule has 22 heavy (non-hydrogen) atoms. The van der Waals surface area contributed by atoms with E-state index in [9.17, 15) is 19.6 Å². The normalized spacial score (nSPS) is 29.5. The van der Waals surface area contributed by atoms with Gasteiger partial charge in [0.15, 0.2) is 0 Å². The third-order valence-corrected chi connectivity index (χ3v) is 3.71. The van der Waals surface area contributed by atoms with Gasteiger partial charge >= 0.3 is 13.5 Å². The summed E-state index contributed by atoms with van der Waals surface area (Å²) in [4.78, 5) is 32.5. The van der Waals surface area contributed by atoms with E-state index in [1.165, 1.54) is 12.3 Å². The summed E-state index contributed by atoms with van der Waals surface area (Å²) in [7, 11) is -4.72. The van der Waals surface area contributed by atoms with Crippen LogP contribution in [0.25, 0.3) is 0 Å². The maximum atomic E-state index is 11.7. The smallest absolute Gasteiger partial charge is 0.388 e. The van der Waals surface area contributed by atoms with Gasteiger partial charge in [-0.05, 0) is 6.07 Å². The van der Waals surface area contributed by atoms with Crippen molar-refractivity contribution < 1.29 is 33.8 Å². The van der Waals surface area contributed by atoms with E-state index in [1.54, 1.807) is 0 Å². The summed E-state index contributed by atoms with van der Waals surface area (Å²) in [6.07, 6.45) is -2.76. The van der Waals surface area contributed by atoms with E-state index in [4.69, 9.17) is 20.3 Å². The third-order valence-electron chi connectivity index (χ3n) is 3.22. The van der Waals surface area contributed by atoms with Gasteiger partial charge in [-0.25, -0.2) is 9.36 Å². The summed E-state index contributed by atoms with van der Waals surface area (Å²) in [5, 5.41) is 20.0. The van der Waals surface area contributed by atoms with Crippen LogP contribution in [0.5, 0.6) is 0 Å². The second-order valence-electron chi connectivity index (χ2n) is 4.75. The third kappa shape index (κ3) is 3.90. The molecule has 0 spiro atoms. The number of ether oxygens (including phenoxy) is 1. The van der Waals surface area contributed by atoms with Gasteiger partial charge in [-0.3, -0.25) is 9.09 Å². The van der Waals surface area contributed by atoms with Crippen LogP contribution in [0.15, 0.2) is 17.1 Å². The fourth-order valence-corrected chi connectivity index (χ4v) is 2.45. The summed E-state index contributed by atoms with van der Waals surface area (Å²) in [6.45, 7) is -0.789. The lowest BCUT2D eigenvalue weighted by Gasteiger charge is -2.37.